The molecule has 1 atom stereocenters. The number of nitrogens with one attached hydrogen (secondary N) is 1. The fourth-order valence-electron chi connectivity index (χ4n) is 2.37. The largest absolute Gasteiger partial charge is 0.508 e. The third-order valence-corrected chi connectivity index (χ3v) is 4.10. The summed E-state index contributed by atoms with van der Waals surface area (Å²) in [6.45, 7) is 6.39. The van der Waals surface area contributed by atoms with Gasteiger partial charge in [0.15, 0.2) is 0 Å². The highest BCUT2D eigenvalue weighted by atomic mass is 16.5. The summed E-state index contributed by atoms with van der Waals surface area (Å²) in [5.41, 5.74) is 2.70. The van der Waals surface area contributed by atoms with Crippen LogP contribution < -0.4 is 10.1 Å². The Kier molecular flexibility index (Phi) is 11.1. The zero-order valence-corrected chi connectivity index (χ0v) is 17.3. The van der Waals surface area contributed by atoms with Crippen molar-refractivity contribution in [2.45, 2.75) is 46.1 Å². The molecule has 28 heavy (non-hydrogen) atoms. The summed E-state index contributed by atoms with van der Waals surface area (Å²) in [6.07, 6.45) is 3.58. The lowest BCUT2D eigenvalue weighted by molar-refractivity contribution is -0.106. The molecule has 1 unspecified atom stereocenters. The fraction of sp³-hybridized carbons (Fsp3) is 0.375. The van der Waals surface area contributed by atoms with Gasteiger partial charge in [-0.25, -0.2) is 0 Å². The molecule has 2 aromatic rings. The van der Waals surface area contributed by atoms with Crippen molar-refractivity contribution in [2.75, 3.05) is 13.7 Å². The molecule has 2 N–H and O–H groups in total. The Hall–Kier alpha value is -2.77. The molecule has 0 aromatic heterocycles. The van der Waals surface area contributed by atoms with Crippen LogP contribution in [0, 0.1) is 11.8 Å². The highest BCUT2D eigenvalue weighted by molar-refractivity contribution is 5.48. The van der Waals surface area contributed by atoms with Crippen LogP contribution in [0.25, 0.3) is 0 Å². The van der Waals surface area contributed by atoms with Crippen LogP contribution in [-0.4, -0.2) is 31.1 Å². The second kappa shape index (κ2) is 13.4. The lowest BCUT2D eigenvalue weighted by Crippen LogP contribution is -2.21. The number of benzene rings is 2. The average Bonchev–Trinajstić information content (AvgIpc) is 2.71. The van der Waals surface area contributed by atoms with E-state index in [4.69, 9.17) is 9.53 Å². The van der Waals surface area contributed by atoms with Crippen LogP contribution in [0.4, 0.5) is 0 Å². The van der Waals surface area contributed by atoms with Crippen molar-refractivity contribution >= 4 is 6.29 Å². The predicted molar refractivity (Wildman–Crippen MR) is 115 cm³/mol. The lowest BCUT2D eigenvalue weighted by atomic mass is 10.0. The van der Waals surface area contributed by atoms with Crippen LogP contribution in [0.2, 0.25) is 0 Å². The summed E-state index contributed by atoms with van der Waals surface area (Å²) in [4.78, 5) is 8.81. The maximum Gasteiger partial charge on any atom is 0.120 e. The third kappa shape index (κ3) is 8.75. The van der Waals surface area contributed by atoms with Gasteiger partial charge in [0.2, 0.25) is 0 Å². The van der Waals surface area contributed by atoms with E-state index < -0.39 is 0 Å². The van der Waals surface area contributed by atoms with Gasteiger partial charge in [-0.15, -0.1) is 0 Å². The third-order valence-electron chi connectivity index (χ3n) is 4.10. The lowest BCUT2D eigenvalue weighted by Gasteiger charge is -2.10. The zero-order valence-electron chi connectivity index (χ0n) is 17.3. The van der Waals surface area contributed by atoms with Crippen LogP contribution in [-0.2, 0) is 11.2 Å². The molecular formula is C24H31NO3. The Morgan fingerprint density at radius 3 is 2.32 bits per heavy atom. The number of ether oxygens (including phenoxy) is 1. The molecule has 0 aliphatic carbocycles. The molecule has 0 amide bonds. The molecule has 2 rings (SSSR count). The molecule has 2 aromatic carbocycles. The number of carbonyl (C=O) groups is 1. The van der Waals surface area contributed by atoms with Gasteiger partial charge in [-0.05, 0) is 82.1 Å². The van der Waals surface area contributed by atoms with Crippen LogP contribution in [0.15, 0.2) is 42.5 Å². The van der Waals surface area contributed by atoms with E-state index in [0.717, 1.165) is 54.6 Å². The topological polar surface area (TPSA) is 58.6 Å². The van der Waals surface area contributed by atoms with Crippen LogP contribution in [0.3, 0.4) is 0 Å². The van der Waals surface area contributed by atoms with Gasteiger partial charge < -0.3 is 20.0 Å². The fourth-order valence-corrected chi connectivity index (χ4v) is 2.37. The monoisotopic (exact) mass is 381 g/mol. The Bertz CT molecular complexity index is 773. The number of aryl methyl sites for hydroxylation is 1. The van der Waals surface area contributed by atoms with E-state index in [0.29, 0.717) is 11.8 Å². The first-order valence-corrected chi connectivity index (χ1v) is 9.67. The number of phenolic OH excluding ortho intramolecular Hbond substituents is 1. The molecule has 0 saturated carbocycles. The minimum Gasteiger partial charge on any atom is -0.508 e. The maximum atomic E-state index is 10.2. The standard InChI is InChI=1S/C22H27NO2.C2H4O/c1-4-15-25-21-13-9-18(10-14-21)6-7-19-8-12-20(22(24)16-19)11-5-17(2)23-3;1-2-3/h8-10,12-14,16-17,23-24H,4-5,11,15H2,1-3H3;2H,1H3. The normalized spacial score (nSPS) is 10.7. The summed E-state index contributed by atoms with van der Waals surface area (Å²) in [5.74, 6) is 7.41. The Morgan fingerprint density at radius 2 is 1.75 bits per heavy atom. The van der Waals surface area contributed by atoms with Gasteiger partial charge in [0.05, 0.1) is 6.61 Å². The zero-order chi connectivity index (χ0) is 20.8. The minimum absolute atomic E-state index is 0.318. The summed E-state index contributed by atoms with van der Waals surface area (Å²) >= 11 is 0. The van der Waals surface area contributed by atoms with Crippen molar-refractivity contribution in [2.24, 2.45) is 0 Å². The van der Waals surface area contributed by atoms with Crippen LogP contribution >= 0.6 is 0 Å². The van der Waals surface area contributed by atoms with Gasteiger partial charge in [0.25, 0.3) is 0 Å². The smallest absolute Gasteiger partial charge is 0.120 e. The Morgan fingerprint density at radius 1 is 1.14 bits per heavy atom. The van der Waals surface area contributed by atoms with Gasteiger partial charge >= 0.3 is 0 Å². The quantitative estimate of drug-likeness (QED) is 0.554. The van der Waals surface area contributed by atoms with Crippen LogP contribution in [0.5, 0.6) is 11.5 Å². The van der Waals surface area contributed by atoms with Gasteiger partial charge in [-0.3, -0.25) is 0 Å². The molecule has 0 saturated heterocycles. The first-order chi connectivity index (χ1) is 13.5. The highest BCUT2D eigenvalue weighted by Crippen LogP contribution is 2.20. The van der Waals surface area contributed by atoms with Crippen molar-refractivity contribution in [1.29, 1.82) is 0 Å². The molecule has 0 fully saturated rings. The summed E-state index contributed by atoms with van der Waals surface area (Å²) in [5, 5.41) is 13.4. The minimum atomic E-state index is 0.318. The second-order valence-electron chi connectivity index (χ2n) is 6.43. The number of hydrogen-bond acceptors (Lipinski definition) is 4. The van der Waals surface area contributed by atoms with Gasteiger partial charge in [0, 0.05) is 17.2 Å². The first-order valence-electron chi connectivity index (χ1n) is 9.67. The number of aldehydes is 1. The molecule has 0 radical (unpaired) electrons. The van der Waals surface area contributed by atoms with Crippen molar-refractivity contribution in [1.82, 2.24) is 5.32 Å². The number of hydrogen-bond donors (Lipinski definition) is 2. The van der Waals surface area contributed by atoms with Gasteiger partial charge in [0.1, 0.15) is 17.8 Å². The summed E-state index contributed by atoms with van der Waals surface area (Å²) < 4.78 is 5.56. The number of aromatic hydroxyl groups is 1. The van der Waals surface area contributed by atoms with Gasteiger partial charge in [-0.1, -0.05) is 24.8 Å². The van der Waals surface area contributed by atoms with E-state index in [1.165, 1.54) is 6.92 Å². The van der Waals surface area contributed by atoms with E-state index in [1.54, 1.807) is 6.07 Å². The van der Waals surface area contributed by atoms with E-state index >= 15 is 0 Å². The average molecular weight is 382 g/mol. The van der Waals surface area contributed by atoms with Crippen molar-refractivity contribution < 1.29 is 14.6 Å². The van der Waals surface area contributed by atoms with E-state index in [2.05, 4.69) is 31.0 Å². The van der Waals surface area contributed by atoms with Crippen molar-refractivity contribution in [3.05, 3.63) is 59.2 Å². The molecule has 0 spiro atoms. The SMILES string of the molecule is CC=O.CCCOc1ccc(C#Cc2ccc(CCC(C)NC)c(O)c2)cc1. The van der Waals surface area contributed by atoms with E-state index in [-0.39, 0.29) is 0 Å². The van der Waals surface area contributed by atoms with E-state index in [9.17, 15) is 5.11 Å². The molecule has 0 aliphatic heterocycles. The highest BCUT2D eigenvalue weighted by Gasteiger charge is 2.04. The number of carbonyl (C=O) groups excluding carboxylic acids is 1. The van der Waals surface area contributed by atoms with E-state index in [1.807, 2.05) is 43.4 Å². The Balaban J connectivity index is 0.00000122. The molecular weight excluding hydrogens is 350 g/mol. The second-order valence-corrected chi connectivity index (χ2v) is 6.43. The van der Waals surface area contributed by atoms with Crippen molar-refractivity contribution in [3.63, 3.8) is 0 Å². The molecule has 4 heteroatoms. The summed E-state index contributed by atoms with van der Waals surface area (Å²) in [6, 6.07) is 13.9. The maximum absolute atomic E-state index is 10.2. The van der Waals surface area contributed by atoms with Crippen molar-refractivity contribution in [3.8, 4) is 23.3 Å². The molecule has 0 aliphatic rings. The number of phenols is 1. The van der Waals surface area contributed by atoms with Gasteiger partial charge in [-0.2, -0.15) is 0 Å². The molecule has 150 valence electrons. The number of rotatable bonds is 7. The summed E-state index contributed by atoms with van der Waals surface area (Å²) in [7, 11) is 1.95. The predicted octanol–water partition coefficient (Wildman–Crippen LogP) is 4.33. The van der Waals surface area contributed by atoms with Crippen LogP contribution in [0.1, 0.15) is 50.3 Å². The molecule has 0 heterocycles. The molecule has 0 bridgehead atoms. The first kappa shape index (κ1) is 23.3. The Labute approximate surface area is 168 Å². The molecule has 4 nitrogen and oxygen atoms in total.